The highest BCUT2D eigenvalue weighted by molar-refractivity contribution is 14.1. The van der Waals surface area contributed by atoms with Crippen LogP contribution in [0.1, 0.15) is 5.56 Å². The number of rotatable bonds is 4. The first-order valence-corrected chi connectivity index (χ1v) is 7.73. The van der Waals surface area contributed by atoms with Gasteiger partial charge in [-0.1, -0.05) is 30.3 Å². The highest BCUT2D eigenvalue weighted by Crippen LogP contribution is 2.14. The molecule has 0 fully saturated rings. The van der Waals surface area contributed by atoms with Crippen LogP contribution in [-0.4, -0.2) is 34.5 Å². The van der Waals surface area contributed by atoms with Crippen molar-refractivity contribution in [2.75, 3.05) is 14.1 Å². The highest BCUT2D eigenvalue weighted by Gasteiger charge is 2.14. The van der Waals surface area contributed by atoms with E-state index in [1.54, 1.807) is 18.3 Å². The topological polar surface area (TPSA) is 59.6 Å². The van der Waals surface area contributed by atoms with Crippen LogP contribution < -0.4 is 11.2 Å². The summed E-state index contributed by atoms with van der Waals surface area (Å²) in [6.07, 6.45) is 1.57. The maximum atomic E-state index is 12.5. The number of aromatic nitrogens is 2. The van der Waals surface area contributed by atoms with Gasteiger partial charge in [-0.15, -0.1) is 0 Å². The van der Waals surface area contributed by atoms with Crippen LogP contribution in [0.4, 0.5) is 5.82 Å². The maximum Gasteiger partial charge on any atom is 0.332 e. The van der Waals surface area contributed by atoms with E-state index in [-0.39, 0.29) is 17.8 Å². The predicted octanol–water partition coefficient (Wildman–Crippen LogP) is 1.42. The fraction of sp³-hybridized carbons (Fsp3) is 0.267. The fourth-order valence-corrected chi connectivity index (χ4v) is 2.73. The van der Waals surface area contributed by atoms with Crippen molar-refractivity contribution in [1.29, 1.82) is 0 Å². The van der Waals surface area contributed by atoms with Gasteiger partial charge >= 0.3 is 5.69 Å². The molecule has 2 rings (SSSR count). The second-order valence-corrected chi connectivity index (χ2v) is 6.14. The van der Waals surface area contributed by atoms with Gasteiger partial charge in [-0.05, 0) is 28.2 Å². The first-order chi connectivity index (χ1) is 10.4. The maximum absolute atomic E-state index is 12.5. The van der Waals surface area contributed by atoms with E-state index in [1.165, 1.54) is 9.13 Å². The van der Waals surface area contributed by atoms with Crippen molar-refractivity contribution in [2.45, 2.75) is 6.54 Å². The third-order valence-electron chi connectivity index (χ3n) is 3.06. The van der Waals surface area contributed by atoms with Gasteiger partial charge in [-0.3, -0.25) is 13.9 Å². The minimum absolute atomic E-state index is 0.250. The molecule has 0 spiro atoms. The monoisotopic (exact) mass is 412 g/mol. The Bertz CT molecular complexity index is 770. The molecule has 0 unspecified atom stereocenters. The zero-order chi connectivity index (χ0) is 16.3. The minimum Gasteiger partial charge on any atom is -0.369 e. The van der Waals surface area contributed by atoms with Crippen LogP contribution in [-0.2, 0) is 13.6 Å². The SMILES string of the molecule is CN(C)C=Nc1c(I)c(=O)n(Cc2ccccc2)c(=O)n1C. The van der Waals surface area contributed by atoms with Crippen LogP contribution in [0.25, 0.3) is 0 Å². The summed E-state index contributed by atoms with van der Waals surface area (Å²) in [5.41, 5.74) is 0.209. The van der Waals surface area contributed by atoms with Gasteiger partial charge in [0, 0.05) is 21.1 Å². The molecular weight excluding hydrogens is 395 g/mol. The Hall–Kier alpha value is -1.90. The summed E-state index contributed by atoms with van der Waals surface area (Å²) < 4.78 is 3.05. The highest BCUT2D eigenvalue weighted by atomic mass is 127. The summed E-state index contributed by atoms with van der Waals surface area (Å²) in [5, 5.41) is 0. The quantitative estimate of drug-likeness (QED) is 0.434. The Morgan fingerprint density at radius 3 is 2.45 bits per heavy atom. The van der Waals surface area contributed by atoms with Crippen molar-refractivity contribution in [2.24, 2.45) is 12.0 Å². The van der Waals surface area contributed by atoms with Gasteiger partial charge in [-0.25, -0.2) is 9.79 Å². The molecule has 7 heteroatoms. The van der Waals surface area contributed by atoms with Crippen LogP contribution in [0, 0.1) is 3.57 Å². The second kappa shape index (κ2) is 6.91. The summed E-state index contributed by atoms with van der Waals surface area (Å²) in [5.74, 6) is 0.369. The van der Waals surface area contributed by atoms with Gasteiger partial charge in [0.05, 0.1) is 12.9 Å². The molecule has 0 amide bonds. The lowest BCUT2D eigenvalue weighted by molar-refractivity contribution is 0.627. The van der Waals surface area contributed by atoms with Crippen LogP contribution in [0.2, 0.25) is 0 Å². The summed E-state index contributed by atoms with van der Waals surface area (Å²) in [4.78, 5) is 30.9. The van der Waals surface area contributed by atoms with Crippen molar-refractivity contribution in [3.05, 3.63) is 60.3 Å². The summed E-state index contributed by atoms with van der Waals surface area (Å²) >= 11 is 1.94. The molecule has 2 aromatic rings. The van der Waals surface area contributed by atoms with E-state index in [2.05, 4.69) is 4.99 Å². The Labute approximate surface area is 141 Å². The van der Waals surface area contributed by atoms with Gasteiger partial charge in [0.2, 0.25) is 0 Å². The van der Waals surface area contributed by atoms with E-state index in [9.17, 15) is 9.59 Å². The molecule has 0 aliphatic heterocycles. The van der Waals surface area contributed by atoms with E-state index in [0.717, 1.165) is 5.56 Å². The van der Waals surface area contributed by atoms with Crippen LogP contribution in [0.5, 0.6) is 0 Å². The number of hydrogen-bond donors (Lipinski definition) is 0. The molecule has 1 aromatic heterocycles. The van der Waals surface area contributed by atoms with Crippen molar-refractivity contribution in [3.63, 3.8) is 0 Å². The molecule has 0 N–H and O–H groups in total. The Morgan fingerprint density at radius 1 is 1.23 bits per heavy atom. The second-order valence-electron chi connectivity index (χ2n) is 5.06. The molecule has 0 saturated heterocycles. The summed E-state index contributed by atoms with van der Waals surface area (Å²) in [7, 11) is 5.27. The van der Waals surface area contributed by atoms with E-state index in [1.807, 2.05) is 67.0 Å². The van der Waals surface area contributed by atoms with Crippen molar-refractivity contribution in [1.82, 2.24) is 14.0 Å². The number of aliphatic imine (C=N–C) groups is 1. The molecule has 6 nitrogen and oxygen atoms in total. The molecule has 116 valence electrons. The van der Waals surface area contributed by atoms with Gasteiger partial charge in [0.1, 0.15) is 3.57 Å². The lowest BCUT2D eigenvalue weighted by Crippen LogP contribution is -2.40. The smallest absolute Gasteiger partial charge is 0.332 e. The lowest BCUT2D eigenvalue weighted by Gasteiger charge is -2.12. The molecule has 1 heterocycles. The van der Waals surface area contributed by atoms with Gasteiger partial charge in [-0.2, -0.15) is 0 Å². The molecule has 22 heavy (non-hydrogen) atoms. The predicted molar refractivity (Wildman–Crippen MR) is 96.0 cm³/mol. The Kier molecular flexibility index (Phi) is 5.17. The zero-order valence-corrected chi connectivity index (χ0v) is 14.8. The molecule has 1 aromatic carbocycles. The van der Waals surface area contributed by atoms with Gasteiger partial charge < -0.3 is 4.90 Å². The third-order valence-corrected chi connectivity index (χ3v) is 4.00. The van der Waals surface area contributed by atoms with Crippen molar-refractivity contribution >= 4 is 34.7 Å². The fourth-order valence-electron chi connectivity index (χ4n) is 1.94. The van der Waals surface area contributed by atoms with E-state index in [0.29, 0.717) is 9.39 Å². The molecular formula is C15H17IN4O2. The van der Waals surface area contributed by atoms with Crippen LogP contribution in [0.15, 0.2) is 44.9 Å². The Morgan fingerprint density at radius 2 is 1.86 bits per heavy atom. The molecule has 0 aliphatic carbocycles. The molecule has 0 radical (unpaired) electrons. The normalized spacial score (nSPS) is 11.1. The number of nitrogens with zero attached hydrogens (tertiary/aromatic N) is 4. The first kappa shape index (κ1) is 16.5. The standard InChI is InChI=1S/C15H17IN4O2/c1-18(2)10-17-13-12(16)14(21)20(15(22)19(13)3)9-11-7-5-4-6-8-11/h4-8,10H,9H2,1-3H3. The summed E-state index contributed by atoms with van der Waals surface area (Å²) in [6, 6.07) is 9.43. The lowest BCUT2D eigenvalue weighted by atomic mass is 10.2. The van der Waals surface area contributed by atoms with Crippen molar-refractivity contribution in [3.8, 4) is 0 Å². The van der Waals surface area contributed by atoms with E-state index >= 15 is 0 Å². The number of halogens is 1. The number of hydrogen-bond acceptors (Lipinski definition) is 3. The largest absolute Gasteiger partial charge is 0.369 e. The molecule has 0 aliphatic rings. The van der Waals surface area contributed by atoms with Crippen LogP contribution >= 0.6 is 22.6 Å². The van der Waals surface area contributed by atoms with Crippen LogP contribution in [0.3, 0.4) is 0 Å². The molecule has 0 atom stereocenters. The summed E-state index contributed by atoms with van der Waals surface area (Å²) in [6.45, 7) is 0.250. The molecule has 0 saturated carbocycles. The minimum atomic E-state index is -0.375. The van der Waals surface area contributed by atoms with E-state index < -0.39 is 0 Å². The van der Waals surface area contributed by atoms with Crippen molar-refractivity contribution < 1.29 is 0 Å². The van der Waals surface area contributed by atoms with Gasteiger partial charge in [0.15, 0.2) is 5.82 Å². The van der Waals surface area contributed by atoms with E-state index in [4.69, 9.17) is 0 Å². The number of benzene rings is 1. The average molecular weight is 412 g/mol. The van der Waals surface area contributed by atoms with Gasteiger partial charge in [0.25, 0.3) is 5.56 Å². The zero-order valence-electron chi connectivity index (χ0n) is 12.7. The third kappa shape index (κ3) is 3.46. The molecule has 0 bridgehead atoms. The Balaban J connectivity index is 2.55. The average Bonchev–Trinajstić information content (AvgIpc) is 2.50. The first-order valence-electron chi connectivity index (χ1n) is 6.65.